The van der Waals surface area contributed by atoms with Crippen molar-refractivity contribution in [1.82, 2.24) is 0 Å². The lowest BCUT2D eigenvalue weighted by Gasteiger charge is -2.13. The lowest BCUT2D eigenvalue weighted by molar-refractivity contribution is 0.471. The highest BCUT2D eigenvalue weighted by molar-refractivity contribution is 9.10. The van der Waals surface area contributed by atoms with E-state index in [0.29, 0.717) is 17.9 Å². The SMILES string of the molecule is CC(N)Cc1cc(F)ccc1Oc1ccc(Br)cc1. The van der Waals surface area contributed by atoms with Crippen LogP contribution in [0.2, 0.25) is 0 Å². The van der Waals surface area contributed by atoms with Crippen LogP contribution in [0, 0.1) is 5.82 Å². The van der Waals surface area contributed by atoms with Gasteiger partial charge >= 0.3 is 0 Å². The average molecular weight is 324 g/mol. The minimum Gasteiger partial charge on any atom is -0.457 e. The molecule has 2 aromatic rings. The molecule has 0 amide bonds. The fourth-order valence-electron chi connectivity index (χ4n) is 1.78. The molecule has 0 saturated carbocycles. The normalized spacial score (nSPS) is 12.2. The Balaban J connectivity index is 2.26. The molecule has 1 unspecified atom stereocenters. The highest BCUT2D eigenvalue weighted by Gasteiger charge is 2.09. The van der Waals surface area contributed by atoms with E-state index in [2.05, 4.69) is 15.9 Å². The molecule has 0 saturated heterocycles. The first-order valence-corrected chi connectivity index (χ1v) is 6.81. The number of benzene rings is 2. The van der Waals surface area contributed by atoms with Crippen molar-refractivity contribution < 1.29 is 9.13 Å². The van der Waals surface area contributed by atoms with Gasteiger partial charge in [0.15, 0.2) is 0 Å². The Labute approximate surface area is 120 Å². The van der Waals surface area contributed by atoms with Crippen LogP contribution in [-0.2, 0) is 6.42 Å². The van der Waals surface area contributed by atoms with Crippen molar-refractivity contribution in [2.24, 2.45) is 5.73 Å². The Kier molecular flexibility index (Phi) is 4.56. The monoisotopic (exact) mass is 323 g/mol. The molecule has 2 nitrogen and oxygen atoms in total. The molecule has 0 aliphatic rings. The number of hydrogen-bond donors (Lipinski definition) is 1. The summed E-state index contributed by atoms with van der Waals surface area (Å²) in [5, 5.41) is 0. The van der Waals surface area contributed by atoms with Gasteiger partial charge in [0.05, 0.1) is 0 Å². The minimum absolute atomic E-state index is 0.0472. The number of ether oxygens (including phenoxy) is 1. The summed E-state index contributed by atoms with van der Waals surface area (Å²) in [6.45, 7) is 1.88. The van der Waals surface area contributed by atoms with E-state index in [0.717, 1.165) is 10.0 Å². The van der Waals surface area contributed by atoms with E-state index >= 15 is 0 Å². The molecule has 19 heavy (non-hydrogen) atoms. The summed E-state index contributed by atoms with van der Waals surface area (Å²) >= 11 is 3.37. The molecule has 0 spiro atoms. The maximum Gasteiger partial charge on any atom is 0.130 e. The number of nitrogens with two attached hydrogens (primary N) is 1. The first-order chi connectivity index (χ1) is 9.04. The van der Waals surface area contributed by atoms with Crippen LogP contribution in [0.4, 0.5) is 4.39 Å². The van der Waals surface area contributed by atoms with Crippen LogP contribution >= 0.6 is 15.9 Å². The van der Waals surface area contributed by atoms with Crippen molar-refractivity contribution in [2.45, 2.75) is 19.4 Å². The largest absolute Gasteiger partial charge is 0.457 e. The molecule has 0 aliphatic heterocycles. The maximum absolute atomic E-state index is 13.3. The van der Waals surface area contributed by atoms with E-state index in [-0.39, 0.29) is 11.9 Å². The molecule has 0 aromatic heterocycles. The zero-order chi connectivity index (χ0) is 13.8. The number of hydrogen-bond acceptors (Lipinski definition) is 2. The summed E-state index contributed by atoms with van der Waals surface area (Å²) in [5.74, 6) is 1.07. The lowest BCUT2D eigenvalue weighted by atomic mass is 10.1. The van der Waals surface area contributed by atoms with Gasteiger partial charge in [-0.3, -0.25) is 0 Å². The molecular weight excluding hydrogens is 309 g/mol. The van der Waals surface area contributed by atoms with Crippen molar-refractivity contribution in [2.75, 3.05) is 0 Å². The second kappa shape index (κ2) is 6.17. The third kappa shape index (κ3) is 4.04. The average Bonchev–Trinajstić information content (AvgIpc) is 2.34. The second-order valence-electron chi connectivity index (χ2n) is 4.49. The molecule has 100 valence electrons. The fourth-order valence-corrected chi connectivity index (χ4v) is 2.05. The van der Waals surface area contributed by atoms with Crippen LogP contribution in [-0.4, -0.2) is 6.04 Å². The van der Waals surface area contributed by atoms with Crippen LogP contribution in [0.3, 0.4) is 0 Å². The summed E-state index contributed by atoms with van der Waals surface area (Å²) in [6, 6.07) is 11.9. The fraction of sp³-hybridized carbons (Fsp3) is 0.200. The van der Waals surface area contributed by atoms with E-state index < -0.39 is 0 Å². The van der Waals surface area contributed by atoms with Crippen LogP contribution < -0.4 is 10.5 Å². The molecule has 2 rings (SSSR count). The van der Waals surface area contributed by atoms with Gasteiger partial charge in [0.2, 0.25) is 0 Å². The minimum atomic E-state index is -0.279. The zero-order valence-corrected chi connectivity index (χ0v) is 12.2. The molecule has 2 aromatic carbocycles. The first-order valence-electron chi connectivity index (χ1n) is 6.02. The van der Waals surface area contributed by atoms with Gasteiger partial charge in [-0.2, -0.15) is 0 Å². The van der Waals surface area contributed by atoms with Crippen LogP contribution in [0.5, 0.6) is 11.5 Å². The number of halogens is 2. The molecule has 0 radical (unpaired) electrons. The topological polar surface area (TPSA) is 35.2 Å². The van der Waals surface area contributed by atoms with Gasteiger partial charge in [-0.15, -0.1) is 0 Å². The maximum atomic E-state index is 13.3. The highest BCUT2D eigenvalue weighted by Crippen LogP contribution is 2.27. The zero-order valence-electron chi connectivity index (χ0n) is 10.6. The van der Waals surface area contributed by atoms with Gasteiger partial charge in [0, 0.05) is 10.5 Å². The molecule has 0 bridgehead atoms. The van der Waals surface area contributed by atoms with Gasteiger partial charge in [0.25, 0.3) is 0 Å². The summed E-state index contributed by atoms with van der Waals surface area (Å²) in [7, 11) is 0. The van der Waals surface area contributed by atoms with Crippen LogP contribution in [0.15, 0.2) is 46.9 Å². The van der Waals surface area contributed by atoms with Crippen molar-refractivity contribution in [1.29, 1.82) is 0 Å². The van der Waals surface area contributed by atoms with Crippen molar-refractivity contribution in [3.05, 3.63) is 58.3 Å². The molecule has 2 N–H and O–H groups in total. The van der Waals surface area contributed by atoms with E-state index in [1.54, 1.807) is 6.07 Å². The highest BCUT2D eigenvalue weighted by atomic mass is 79.9. The number of rotatable bonds is 4. The molecule has 0 heterocycles. The van der Waals surface area contributed by atoms with Crippen LogP contribution in [0.1, 0.15) is 12.5 Å². The third-order valence-corrected chi connectivity index (χ3v) is 3.13. The lowest BCUT2D eigenvalue weighted by Crippen LogP contribution is -2.18. The second-order valence-corrected chi connectivity index (χ2v) is 5.41. The predicted molar refractivity (Wildman–Crippen MR) is 78.0 cm³/mol. The summed E-state index contributed by atoms with van der Waals surface area (Å²) in [5.41, 5.74) is 6.55. The first kappa shape index (κ1) is 14.0. The van der Waals surface area contributed by atoms with Gasteiger partial charge in [-0.25, -0.2) is 4.39 Å². The summed E-state index contributed by atoms with van der Waals surface area (Å²) < 4.78 is 20.0. The van der Waals surface area contributed by atoms with Gasteiger partial charge in [-0.1, -0.05) is 15.9 Å². The predicted octanol–water partition coefficient (Wildman–Crippen LogP) is 4.27. The molecule has 0 fully saturated rings. The summed E-state index contributed by atoms with van der Waals surface area (Å²) in [4.78, 5) is 0. The standard InChI is InChI=1S/C15H15BrFNO/c1-10(18)8-11-9-13(17)4-7-15(11)19-14-5-2-12(16)3-6-14/h2-7,9-10H,8,18H2,1H3. The molecular formula is C15H15BrFNO. The Hall–Kier alpha value is -1.39. The third-order valence-electron chi connectivity index (χ3n) is 2.61. The molecule has 0 aliphatic carbocycles. The Morgan fingerprint density at radius 1 is 1.21 bits per heavy atom. The van der Waals surface area contributed by atoms with Crippen LogP contribution in [0.25, 0.3) is 0 Å². The van der Waals surface area contributed by atoms with E-state index in [1.165, 1.54) is 12.1 Å². The quantitative estimate of drug-likeness (QED) is 0.911. The van der Waals surface area contributed by atoms with Crippen molar-refractivity contribution in [3.63, 3.8) is 0 Å². The summed E-state index contributed by atoms with van der Waals surface area (Å²) in [6.07, 6.45) is 0.573. The molecule has 4 heteroatoms. The van der Waals surface area contributed by atoms with Gasteiger partial charge in [0.1, 0.15) is 17.3 Å². The van der Waals surface area contributed by atoms with Gasteiger partial charge < -0.3 is 10.5 Å². The van der Waals surface area contributed by atoms with Crippen molar-refractivity contribution >= 4 is 15.9 Å². The van der Waals surface area contributed by atoms with E-state index in [1.807, 2.05) is 31.2 Å². The Bertz CT molecular complexity index is 555. The smallest absolute Gasteiger partial charge is 0.130 e. The van der Waals surface area contributed by atoms with E-state index in [4.69, 9.17) is 10.5 Å². The van der Waals surface area contributed by atoms with Crippen molar-refractivity contribution in [3.8, 4) is 11.5 Å². The molecule has 1 atom stereocenters. The Morgan fingerprint density at radius 2 is 1.89 bits per heavy atom. The Morgan fingerprint density at radius 3 is 2.53 bits per heavy atom. The van der Waals surface area contributed by atoms with E-state index in [9.17, 15) is 4.39 Å². The van der Waals surface area contributed by atoms with Gasteiger partial charge in [-0.05, 0) is 61.4 Å².